The monoisotopic (exact) mass is 379 g/mol. The van der Waals surface area contributed by atoms with E-state index in [0.29, 0.717) is 5.57 Å². The Morgan fingerprint density at radius 1 is 1.19 bits per heavy atom. The molecule has 0 aromatic carbocycles. The molecule has 0 atom stereocenters. The van der Waals surface area contributed by atoms with E-state index >= 15 is 0 Å². The first-order valence-electron chi connectivity index (χ1n) is 8.56. The SMILES string of the molecule is CC(/C=C/C1=C(NS(C)(=O)=O)CCCC1(C)C)=C\C=C\C(C)=C\C(=O)O. The van der Waals surface area contributed by atoms with Gasteiger partial charge in [-0.25, -0.2) is 13.2 Å². The van der Waals surface area contributed by atoms with Crippen LogP contribution in [0.15, 0.2) is 58.9 Å². The summed E-state index contributed by atoms with van der Waals surface area (Å²) in [5.74, 6) is -0.967. The molecule has 26 heavy (non-hydrogen) atoms. The molecule has 0 fully saturated rings. The maximum absolute atomic E-state index is 11.6. The summed E-state index contributed by atoms with van der Waals surface area (Å²) in [5.41, 5.74) is 3.31. The molecule has 0 saturated heterocycles. The molecule has 2 N–H and O–H groups in total. The molecule has 0 aliphatic heterocycles. The van der Waals surface area contributed by atoms with Gasteiger partial charge >= 0.3 is 5.97 Å². The van der Waals surface area contributed by atoms with Crippen molar-refractivity contribution in [2.24, 2.45) is 5.41 Å². The van der Waals surface area contributed by atoms with Crippen LogP contribution < -0.4 is 4.72 Å². The second kappa shape index (κ2) is 9.03. The maximum atomic E-state index is 11.6. The highest BCUT2D eigenvalue weighted by molar-refractivity contribution is 7.88. The lowest BCUT2D eigenvalue weighted by atomic mass is 9.74. The maximum Gasteiger partial charge on any atom is 0.328 e. The van der Waals surface area contributed by atoms with Gasteiger partial charge in [0.1, 0.15) is 0 Å². The Balaban J connectivity index is 3.04. The number of hydrogen-bond donors (Lipinski definition) is 2. The van der Waals surface area contributed by atoms with E-state index in [1.165, 1.54) is 6.26 Å². The summed E-state index contributed by atoms with van der Waals surface area (Å²) in [7, 11) is -3.30. The van der Waals surface area contributed by atoms with E-state index in [9.17, 15) is 13.2 Å². The Hall–Kier alpha value is -2.08. The van der Waals surface area contributed by atoms with E-state index in [2.05, 4.69) is 18.6 Å². The average Bonchev–Trinajstić information content (AvgIpc) is 2.43. The van der Waals surface area contributed by atoms with Crippen molar-refractivity contribution in [2.45, 2.75) is 47.0 Å². The number of rotatable bonds is 7. The molecule has 144 valence electrons. The molecule has 0 unspecified atom stereocenters. The van der Waals surface area contributed by atoms with Gasteiger partial charge in [-0.15, -0.1) is 0 Å². The molecule has 1 aliphatic carbocycles. The minimum absolute atomic E-state index is 0.0985. The van der Waals surface area contributed by atoms with Gasteiger partial charge in [-0.05, 0) is 49.7 Å². The van der Waals surface area contributed by atoms with Gasteiger partial charge in [-0.1, -0.05) is 49.8 Å². The van der Waals surface area contributed by atoms with E-state index < -0.39 is 16.0 Å². The van der Waals surface area contributed by atoms with E-state index in [1.807, 2.05) is 25.2 Å². The lowest BCUT2D eigenvalue weighted by molar-refractivity contribution is -0.131. The number of aliphatic carboxylic acids is 1. The van der Waals surface area contributed by atoms with Crippen LogP contribution in [0.5, 0.6) is 0 Å². The Kier molecular flexibility index (Phi) is 7.63. The Labute approximate surface area is 156 Å². The van der Waals surface area contributed by atoms with Crippen LogP contribution in [0.1, 0.15) is 47.0 Å². The van der Waals surface area contributed by atoms with Crippen LogP contribution in [0.4, 0.5) is 0 Å². The zero-order valence-electron chi connectivity index (χ0n) is 16.2. The zero-order chi connectivity index (χ0) is 20.0. The van der Waals surface area contributed by atoms with Crippen LogP contribution in [-0.2, 0) is 14.8 Å². The number of sulfonamides is 1. The van der Waals surface area contributed by atoms with Gasteiger partial charge in [0.15, 0.2) is 0 Å². The molecule has 0 amide bonds. The molecule has 1 rings (SSSR count). The van der Waals surface area contributed by atoms with E-state index in [4.69, 9.17) is 5.11 Å². The van der Waals surface area contributed by atoms with Gasteiger partial charge in [0.2, 0.25) is 10.0 Å². The lowest BCUT2D eigenvalue weighted by Crippen LogP contribution is -2.29. The van der Waals surface area contributed by atoms with Crippen LogP contribution >= 0.6 is 0 Å². The fraction of sp³-hybridized carbons (Fsp3) is 0.450. The largest absolute Gasteiger partial charge is 0.478 e. The number of carboxylic acids is 1. The van der Waals surface area contributed by atoms with E-state index in [1.54, 1.807) is 19.1 Å². The van der Waals surface area contributed by atoms with Crippen molar-refractivity contribution in [3.63, 3.8) is 0 Å². The Morgan fingerprint density at radius 3 is 2.42 bits per heavy atom. The van der Waals surface area contributed by atoms with Crippen molar-refractivity contribution in [1.82, 2.24) is 4.72 Å². The van der Waals surface area contributed by atoms with Gasteiger partial charge in [0.25, 0.3) is 0 Å². The van der Waals surface area contributed by atoms with Crippen LogP contribution in [0.3, 0.4) is 0 Å². The third kappa shape index (κ3) is 7.87. The molecule has 0 bridgehead atoms. The fourth-order valence-corrected chi connectivity index (χ4v) is 3.57. The van der Waals surface area contributed by atoms with Gasteiger partial charge in [-0.2, -0.15) is 0 Å². The number of allylic oxidation sites excluding steroid dienone is 9. The summed E-state index contributed by atoms with van der Waals surface area (Å²) in [6.07, 6.45) is 14.3. The standard InChI is InChI=1S/C20H29NO4S/c1-15(8-6-9-16(2)14-19(22)23)11-12-17-18(21-26(5,24)25)10-7-13-20(17,3)4/h6,8-9,11-12,14,21H,7,10,13H2,1-5H3,(H,22,23)/b9-6+,12-11+,15-8+,16-14+. The van der Waals surface area contributed by atoms with Crippen LogP contribution in [0, 0.1) is 5.41 Å². The summed E-state index contributed by atoms with van der Waals surface area (Å²) in [4.78, 5) is 10.6. The molecule has 0 saturated carbocycles. The molecular formula is C20H29NO4S. The van der Waals surface area contributed by atoms with Crippen molar-refractivity contribution < 1.29 is 18.3 Å². The van der Waals surface area contributed by atoms with Gasteiger partial charge in [0.05, 0.1) is 6.26 Å². The highest BCUT2D eigenvalue weighted by Crippen LogP contribution is 2.40. The van der Waals surface area contributed by atoms with Crippen molar-refractivity contribution in [3.8, 4) is 0 Å². The van der Waals surface area contributed by atoms with Gasteiger partial charge < -0.3 is 5.11 Å². The quantitative estimate of drug-likeness (QED) is 0.515. The second-order valence-corrected chi connectivity index (χ2v) is 9.08. The number of carboxylic acid groups (broad SMARTS) is 1. The normalized spacial score (nSPS) is 19.4. The molecule has 1 aliphatic rings. The molecule has 0 spiro atoms. The van der Waals surface area contributed by atoms with Crippen molar-refractivity contribution >= 4 is 16.0 Å². The summed E-state index contributed by atoms with van der Waals surface area (Å²) in [6, 6.07) is 0. The molecule has 0 aromatic heterocycles. The summed E-state index contributed by atoms with van der Waals surface area (Å²) in [6.45, 7) is 7.91. The zero-order valence-corrected chi connectivity index (χ0v) is 17.0. The Morgan fingerprint density at radius 2 is 1.85 bits per heavy atom. The first kappa shape index (κ1) is 22.0. The lowest BCUT2D eigenvalue weighted by Gasteiger charge is -2.33. The second-order valence-electron chi connectivity index (χ2n) is 7.33. The summed E-state index contributed by atoms with van der Waals surface area (Å²) in [5, 5.41) is 8.68. The highest BCUT2D eigenvalue weighted by Gasteiger charge is 2.29. The molecule has 6 heteroatoms. The van der Waals surface area contributed by atoms with E-state index in [-0.39, 0.29) is 5.41 Å². The third-order valence-electron chi connectivity index (χ3n) is 4.17. The fourth-order valence-electron chi connectivity index (χ4n) is 2.91. The van der Waals surface area contributed by atoms with Crippen molar-refractivity contribution in [2.75, 3.05) is 6.26 Å². The van der Waals surface area contributed by atoms with Crippen LogP contribution in [0.2, 0.25) is 0 Å². The molecule has 0 heterocycles. The van der Waals surface area contributed by atoms with Crippen LogP contribution in [-0.4, -0.2) is 25.7 Å². The van der Waals surface area contributed by atoms with E-state index in [0.717, 1.165) is 42.2 Å². The average molecular weight is 380 g/mol. The topological polar surface area (TPSA) is 83.5 Å². The van der Waals surface area contributed by atoms with Crippen LogP contribution in [0.25, 0.3) is 0 Å². The number of nitrogens with one attached hydrogen (secondary N) is 1. The predicted molar refractivity (Wildman–Crippen MR) is 106 cm³/mol. The number of carbonyl (C=O) groups is 1. The molecule has 0 radical (unpaired) electrons. The minimum Gasteiger partial charge on any atom is -0.478 e. The first-order chi connectivity index (χ1) is 11.9. The van der Waals surface area contributed by atoms with Gasteiger partial charge in [0, 0.05) is 11.8 Å². The Bertz CT molecular complexity index is 794. The summed E-state index contributed by atoms with van der Waals surface area (Å²) >= 11 is 0. The molecular weight excluding hydrogens is 350 g/mol. The smallest absolute Gasteiger partial charge is 0.328 e. The van der Waals surface area contributed by atoms with Crippen molar-refractivity contribution in [1.29, 1.82) is 0 Å². The van der Waals surface area contributed by atoms with Crippen molar-refractivity contribution in [3.05, 3.63) is 58.9 Å². The highest BCUT2D eigenvalue weighted by atomic mass is 32.2. The molecule has 0 aromatic rings. The predicted octanol–water partition coefficient (Wildman–Crippen LogP) is 4.09. The third-order valence-corrected chi connectivity index (χ3v) is 4.79. The first-order valence-corrected chi connectivity index (χ1v) is 10.5. The molecule has 5 nitrogen and oxygen atoms in total. The summed E-state index contributed by atoms with van der Waals surface area (Å²) < 4.78 is 25.9. The minimum atomic E-state index is -3.30. The number of hydrogen-bond acceptors (Lipinski definition) is 3. The van der Waals surface area contributed by atoms with Gasteiger partial charge in [-0.3, -0.25) is 4.72 Å².